The average Bonchev–Trinajstić information content (AvgIpc) is 3.65. The number of carbonyl (C=O) groups is 1. The van der Waals surface area contributed by atoms with Crippen LogP contribution in [-0.2, 0) is 0 Å². The zero-order valence-electron chi connectivity index (χ0n) is 21.9. The lowest BCUT2D eigenvalue weighted by atomic mass is 10.0. The number of aromatic amines is 2. The molecule has 9 nitrogen and oxygen atoms in total. The molecule has 4 aromatic heterocycles. The smallest absolute Gasteiger partial charge is 0.255 e. The van der Waals surface area contributed by atoms with Gasteiger partial charge in [-0.25, -0.2) is 9.97 Å². The molecular formula is C32H23N7O2. The molecule has 4 heterocycles. The van der Waals surface area contributed by atoms with Crippen LogP contribution in [-0.4, -0.2) is 43.2 Å². The average molecular weight is 538 g/mol. The summed E-state index contributed by atoms with van der Waals surface area (Å²) in [5.41, 5.74) is 8.36. The molecule has 3 N–H and O–H groups in total. The number of methoxy groups -OCH3 is 1. The van der Waals surface area contributed by atoms with E-state index in [2.05, 4.69) is 25.5 Å². The normalized spacial score (nSPS) is 11.1. The minimum absolute atomic E-state index is 0.205. The number of H-pyrrole nitrogens is 2. The van der Waals surface area contributed by atoms with Crippen molar-refractivity contribution < 1.29 is 9.53 Å². The summed E-state index contributed by atoms with van der Waals surface area (Å²) in [6.45, 7) is 0. The largest absolute Gasteiger partial charge is 0.497 e. The van der Waals surface area contributed by atoms with E-state index in [-0.39, 0.29) is 5.91 Å². The molecule has 3 aromatic carbocycles. The fraction of sp³-hybridized carbons (Fsp3) is 0.0312. The second-order valence-corrected chi connectivity index (χ2v) is 9.47. The lowest BCUT2D eigenvalue weighted by Gasteiger charge is -2.07. The van der Waals surface area contributed by atoms with Crippen molar-refractivity contribution in [1.82, 2.24) is 30.1 Å². The van der Waals surface area contributed by atoms with Crippen molar-refractivity contribution in [3.05, 3.63) is 109 Å². The van der Waals surface area contributed by atoms with Crippen molar-refractivity contribution in [2.45, 2.75) is 0 Å². The summed E-state index contributed by atoms with van der Waals surface area (Å²) in [6.07, 6.45) is 3.33. The van der Waals surface area contributed by atoms with Crippen LogP contribution in [0.15, 0.2) is 103 Å². The van der Waals surface area contributed by atoms with Crippen LogP contribution in [0.1, 0.15) is 10.4 Å². The SMILES string of the molecule is COc1cccc(-c2cccc3[nH]c(-c4n[nH]c5ccc(-c6cncc(NC(=O)c7ccccc7)c6)nc45)nc23)c1. The molecule has 0 fully saturated rings. The highest BCUT2D eigenvalue weighted by atomic mass is 16.5. The van der Waals surface area contributed by atoms with E-state index in [9.17, 15) is 4.79 Å². The van der Waals surface area contributed by atoms with Crippen LogP contribution in [0, 0.1) is 0 Å². The summed E-state index contributed by atoms with van der Waals surface area (Å²) in [7, 11) is 1.66. The van der Waals surface area contributed by atoms with E-state index in [1.165, 1.54) is 0 Å². The van der Waals surface area contributed by atoms with Gasteiger partial charge < -0.3 is 15.0 Å². The Morgan fingerprint density at radius 1 is 0.805 bits per heavy atom. The predicted octanol–water partition coefficient (Wildman–Crippen LogP) is 6.49. The van der Waals surface area contributed by atoms with Crippen molar-refractivity contribution in [2.24, 2.45) is 0 Å². The third-order valence-electron chi connectivity index (χ3n) is 6.85. The Morgan fingerprint density at radius 3 is 2.56 bits per heavy atom. The van der Waals surface area contributed by atoms with Gasteiger partial charge in [0.05, 0.1) is 41.2 Å². The maximum Gasteiger partial charge on any atom is 0.255 e. The van der Waals surface area contributed by atoms with E-state index in [0.29, 0.717) is 34.0 Å². The summed E-state index contributed by atoms with van der Waals surface area (Å²) in [6, 6.07) is 28.7. The fourth-order valence-electron chi connectivity index (χ4n) is 4.83. The number of hydrogen-bond acceptors (Lipinski definition) is 6. The van der Waals surface area contributed by atoms with Crippen LogP contribution in [0.4, 0.5) is 5.69 Å². The van der Waals surface area contributed by atoms with Gasteiger partial charge in [0, 0.05) is 22.9 Å². The molecule has 1 amide bonds. The fourth-order valence-corrected chi connectivity index (χ4v) is 4.83. The Balaban J connectivity index is 1.25. The number of ether oxygens (including phenoxy) is 1. The lowest BCUT2D eigenvalue weighted by Crippen LogP contribution is -2.11. The van der Waals surface area contributed by atoms with Gasteiger partial charge in [-0.3, -0.25) is 14.9 Å². The highest BCUT2D eigenvalue weighted by molar-refractivity contribution is 6.04. The standard InChI is InChI=1S/C32H23N7O2/c1-41-23-10-5-9-20(16-23)24-11-6-12-26-28(24)37-31(36-26)30-29-27(38-39-30)14-13-25(35-29)21-15-22(18-33-17-21)34-32(40)19-7-3-2-4-8-19/h2-18H,1H3,(H,34,40)(H,36,37)(H,38,39). The topological polar surface area (TPSA) is 121 Å². The van der Waals surface area contributed by atoms with E-state index in [1.54, 1.807) is 31.6 Å². The third-order valence-corrected chi connectivity index (χ3v) is 6.85. The second-order valence-electron chi connectivity index (χ2n) is 9.47. The molecule has 7 rings (SSSR count). The third kappa shape index (κ3) is 4.55. The molecule has 0 saturated carbocycles. The number of pyridine rings is 2. The monoisotopic (exact) mass is 537 g/mol. The number of imidazole rings is 1. The molecule has 0 spiro atoms. The van der Waals surface area contributed by atoms with Crippen molar-refractivity contribution in [2.75, 3.05) is 12.4 Å². The molecule has 0 saturated heterocycles. The summed E-state index contributed by atoms with van der Waals surface area (Å²) in [5, 5.41) is 10.5. The maximum absolute atomic E-state index is 12.6. The minimum atomic E-state index is -0.205. The van der Waals surface area contributed by atoms with Gasteiger partial charge in [-0.15, -0.1) is 0 Å². The highest BCUT2D eigenvalue weighted by Crippen LogP contribution is 2.33. The number of aromatic nitrogens is 6. The highest BCUT2D eigenvalue weighted by Gasteiger charge is 2.17. The molecule has 9 heteroatoms. The molecular weight excluding hydrogens is 514 g/mol. The van der Waals surface area contributed by atoms with Crippen LogP contribution in [0.25, 0.3) is 56.0 Å². The number of benzene rings is 3. The van der Waals surface area contributed by atoms with Gasteiger partial charge in [0.15, 0.2) is 11.5 Å². The molecule has 0 aliphatic carbocycles. The second kappa shape index (κ2) is 10.0. The van der Waals surface area contributed by atoms with Gasteiger partial charge in [0.2, 0.25) is 0 Å². The number of anilines is 1. The number of nitrogens with one attached hydrogen (secondary N) is 3. The predicted molar refractivity (Wildman–Crippen MR) is 159 cm³/mol. The summed E-state index contributed by atoms with van der Waals surface area (Å²) < 4.78 is 5.42. The van der Waals surface area contributed by atoms with Crippen LogP contribution in [0.2, 0.25) is 0 Å². The summed E-state index contributed by atoms with van der Waals surface area (Å²) in [5.74, 6) is 1.18. The van der Waals surface area contributed by atoms with Gasteiger partial charge in [0.1, 0.15) is 11.3 Å². The molecule has 0 unspecified atom stereocenters. The van der Waals surface area contributed by atoms with Crippen LogP contribution in [0.3, 0.4) is 0 Å². The Bertz CT molecular complexity index is 2050. The number of rotatable bonds is 6. The molecule has 0 radical (unpaired) electrons. The van der Waals surface area contributed by atoms with Crippen molar-refractivity contribution in [3.8, 4) is 39.7 Å². The first-order valence-electron chi connectivity index (χ1n) is 13.0. The maximum atomic E-state index is 12.6. The molecule has 7 aromatic rings. The zero-order chi connectivity index (χ0) is 27.8. The van der Waals surface area contributed by atoms with Gasteiger partial charge >= 0.3 is 0 Å². The minimum Gasteiger partial charge on any atom is -0.497 e. The Hall–Kier alpha value is -5.83. The van der Waals surface area contributed by atoms with E-state index in [4.69, 9.17) is 14.7 Å². The molecule has 0 bridgehead atoms. The summed E-state index contributed by atoms with van der Waals surface area (Å²) in [4.78, 5) is 30.2. The molecule has 41 heavy (non-hydrogen) atoms. The van der Waals surface area contributed by atoms with Crippen molar-refractivity contribution in [1.29, 1.82) is 0 Å². The van der Waals surface area contributed by atoms with Crippen LogP contribution >= 0.6 is 0 Å². The molecule has 198 valence electrons. The van der Waals surface area contributed by atoms with E-state index < -0.39 is 0 Å². The number of fused-ring (bicyclic) bond motifs is 2. The number of para-hydroxylation sites is 1. The summed E-state index contributed by atoms with van der Waals surface area (Å²) >= 11 is 0. The van der Waals surface area contributed by atoms with Gasteiger partial charge in [-0.2, -0.15) is 5.10 Å². The van der Waals surface area contributed by atoms with E-state index in [0.717, 1.165) is 39.0 Å². The van der Waals surface area contributed by atoms with Crippen LogP contribution in [0.5, 0.6) is 5.75 Å². The first-order valence-corrected chi connectivity index (χ1v) is 13.0. The first kappa shape index (κ1) is 24.2. The number of amides is 1. The van der Waals surface area contributed by atoms with E-state index >= 15 is 0 Å². The molecule has 0 aliphatic rings. The van der Waals surface area contributed by atoms with E-state index in [1.807, 2.05) is 78.9 Å². The van der Waals surface area contributed by atoms with Gasteiger partial charge in [-0.1, -0.05) is 42.5 Å². The van der Waals surface area contributed by atoms with Crippen molar-refractivity contribution in [3.63, 3.8) is 0 Å². The van der Waals surface area contributed by atoms with Crippen LogP contribution < -0.4 is 10.1 Å². The number of hydrogen-bond donors (Lipinski definition) is 3. The Kier molecular flexibility index (Phi) is 5.94. The first-order chi connectivity index (χ1) is 20.2. The van der Waals surface area contributed by atoms with Gasteiger partial charge in [-0.05, 0) is 54.1 Å². The quantitative estimate of drug-likeness (QED) is 0.223. The van der Waals surface area contributed by atoms with Gasteiger partial charge in [0.25, 0.3) is 5.91 Å². The number of nitrogens with zero attached hydrogens (tertiary/aromatic N) is 4. The van der Waals surface area contributed by atoms with Crippen molar-refractivity contribution >= 4 is 33.7 Å². The Labute approximate surface area is 234 Å². The lowest BCUT2D eigenvalue weighted by molar-refractivity contribution is 0.102. The molecule has 0 atom stereocenters. The number of carbonyl (C=O) groups excluding carboxylic acids is 1. The molecule has 0 aliphatic heterocycles. The zero-order valence-corrected chi connectivity index (χ0v) is 21.9. The Morgan fingerprint density at radius 2 is 1.68 bits per heavy atom.